The number of phenols is 1. The van der Waals surface area contributed by atoms with Crippen LogP contribution in [-0.4, -0.2) is 41.7 Å². The Labute approximate surface area is 283 Å². The van der Waals surface area contributed by atoms with Gasteiger partial charge in [-0.25, -0.2) is 0 Å². The first-order chi connectivity index (χ1) is 23.2. The summed E-state index contributed by atoms with van der Waals surface area (Å²) in [5, 5.41) is 26.0. The molecule has 4 aromatic carbocycles. The second kappa shape index (κ2) is 16.3. The lowest BCUT2D eigenvalue weighted by molar-refractivity contribution is -0.122. The Morgan fingerprint density at radius 1 is 0.958 bits per heavy atom. The number of rotatable bonds is 15. The number of hydrogen-bond acceptors (Lipinski definition) is 6. The fraction of sp³-hybridized carbons (Fsp3) is 0.350. The van der Waals surface area contributed by atoms with Crippen molar-refractivity contribution in [1.82, 2.24) is 0 Å². The highest BCUT2D eigenvalue weighted by molar-refractivity contribution is 5.92. The number of nitrogens with zero attached hydrogens (tertiary/aromatic N) is 1. The van der Waals surface area contributed by atoms with E-state index in [1.807, 2.05) is 60.7 Å². The monoisotopic (exact) mass is 649 g/mol. The van der Waals surface area contributed by atoms with Gasteiger partial charge in [0.15, 0.2) is 17.5 Å². The van der Waals surface area contributed by atoms with Crippen molar-refractivity contribution in [3.05, 3.63) is 108 Å². The molecule has 0 saturated carbocycles. The van der Waals surface area contributed by atoms with Crippen molar-refractivity contribution < 1.29 is 24.5 Å². The quantitative estimate of drug-likeness (QED) is 0.0455. The van der Waals surface area contributed by atoms with Gasteiger partial charge in [-0.1, -0.05) is 55.0 Å². The van der Waals surface area contributed by atoms with E-state index in [4.69, 9.17) is 15.2 Å². The number of anilines is 1. The first-order valence-corrected chi connectivity index (χ1v) is 16.7. The van der Waals surface area contributed by atoms with Crippen LogP contribution in [0.25, 0.3) is 10.8 Å². The molecular weight excluding hydrogens is 602 g/mol. The first-order valence-electron chi connectivity index (χ1n) is 16.7. The van der Waals surface area contributed by atoms with E-state index in [0.717, 1.165) is 59.7 Å². The summed E-state index contributed by atoms with van der Waals surface area (Å²) >= 11 is 0. The third-order valence-electron chi connectivity index (χ3n) is 9.06. The number of guanidine groups is 1. The molecule has 5 N–H and O–H groups in total. The molecule has 0 saturated heterocycles. The summed E-state index contributed by atoms with van der Waals surface area (Å²) in [5.41, 5.74) is 8.88. The van der Waals surface area contributed by atoms with Crippen molar-refractivity contribution >= 4 is 28.2 Å². The summed E-state index contributed by atoms with van der Waals surface area (Å²) in [6.45, 7) is 0.354. The van der Waals surface area contributed by atoms with Gasteiger partial charge in [0.25, 0.3) is 0 Å². The molecule has 0 spiro atoms. The predicted molar refractivity (Wildman–Crippen MR) is 193 cm³/mol. The van der Waals surface area contributed by atoms with E-state index >= 15 is 0 Å². The van der Waals surface area contributed by atoms with Crippen LogP contribution in [0.15, 0.2) is 96.0 Å². The summed E-state index contributed by atoms with van der Waals surface area (Å²) in [6.07, 6.45) is 10.7. The second-order valence-electron chi connectivity index (χ2n) is 12.8. The largest absolute Gasteiger partial charge is 0.508 e. The Hall–Kier alpha value is -4.82. The standard InChI is InChI=1S/C40H47N3O5/c1-42-39(41)43-34-9-5-8-29(23-34)7-4-3-6-28-18-20-40(46,21-19-28)26-36(45)15-11-30-12-17-37(47-2)38(24-30)48-27-31-10-13-33-25-35(44)16-14-32(33)22-31/h5,8-10,12-14,16-18,20,22-25,28,44,46H,3-4,6-7,11,15,19,21,26-27H2,1-2H3,(H3,41,42,43). The van der Waals surface area contributed by atoms with E-state index in [-0.39, 0.29) is 18.0 Å². The van der Waals surface area contributed by atoms with Crippen LogP contribution in [0, 0.1) is 5.92 Å². The molecule has 0 amide bonds. The smallest absolute Gasteiger partial charge is 0.192 e. The van der Waals surface area contributed by atoms with E-state index < -0.39 is 5.60 Å². The Bertz CT molecular complexity index is 1770. The van der Waals surface area contributed by atoms with E-state index in [1.165, 1.54) is 5.56 Å². The number of ketones is 1. The van der Waals surface area contributed by atoms with Gasteiger partial charge in [-0.2, -0.15) is 0 Å². The number of aliphatic imine (C=N–C) groups is 1. The SMILES string of the molecule is CN=C(N)Nc1cccc(CCCCC2C=CC(O)(CC(=O)CCc3ccc(OC)c(OCc4ccc5cc(O)ccc5c4)c3)CC2)c1. The van der Waals surface area contributed by atoms with E-state index in [1.54, 1.807) is 26.3 Å². The van der Waals surface area contributed by atoms with Crippen molar-refractivity contribution in [3.63, 3.8) is 0 Å². The minimum atomic E-state index is -1.07. The first kappa shape index (κ1) is 34.5. The van der Waals surface area contributed by atoms with Gasteiger partial charge in [0, 0.05) is 25.6 Å². The summed E-state index contributed by atoms with van der Waals surface area (Å²) in [6, 6.07) is 25.3. The van der Waals surface area contributed by atoms with Gasteiger partial charge < -0.3 is 30.7 Å². The lowest BCUT2D eigenvalue weighted by Gasteiger charge is -2.30. The number of Topliss-reactive ketones (excluding diaryl/α,β-unsaturated/α-hetero) is 1. The van der Waals surface area contributed by atoms with Crippen LogP contribution in [0.1, 0.15) is 61.6 Å². The summed E-state index contributed by atoms with van der Waals surface area (Å²) in [4.78, 5) is 16.9. The lowest BCUT2D eigenvalue weighted by atomic mass is 9.80. The molecule has 1 aliphatic rings. The number of carbonyl (C=O) groups excluding carboxylic acids is 1. The number of allylic oxidation sites excluding steroid dienone is 1. The number of aryl methyl sites for hydroxylation is 2. The Morgan fingerprint density at radius 3 is 2.54 bits per heavy atom. The van der Waals surface area contributed by atoms with Gasteiger partial charge in [0.2, 0.25) is 0 Å². The number of carbonyl (C=O) groups is 1. The number of phenolic OH excluding ortho intramolecular Hbond substituents is 1. The molecule has 0 aromatic heterocycles. The fourth-order valence-electron chi connectivity index (χ4n) is 6.30. The molecule has 2 unspecified atom stereocenters. The maximum atomic E-state index is 13.0. The molecule has 1 aliphatic carbocycles. The lowest BCUT2D eigenvalue weighted by Crippen LogP contribution is -2.32. The van der Waals surface area contributed by atoms with Crippen molar-refractivity contribution in [2.75, 3.05) is 19.5 Å². The van der Waals surface area contributed by atoms with Crippen LogP contribution in [0.5, 0.6) is 17.2 Å². The molecule has 0 radical (unpaired) electrons. The van der Waals surface area contributed by atoms with Gasteiger partial charge in [0.1, 0.15) is 18.1 Å². The van der Waals surface area contributed by atoms with Crippen molar-refractivity contribution in [3.8, 4) is 17.2 Å². The third kappa shape index (κ3) is 9.84. The van der Waals surface area contributed by atoms with Crippen LogP contribution in [0.4, 0.5) is 5.69 Å². The molecule has 0 fully saturated rings. The minimum Gasteiger partial charge on any atom is -0.508 e. The number of aromatic hydroxyl groups is 1. The molecule has 48 heavy (non-hydrogen) atoms. The normalized spacial score (nSPS) is 17.7. The highest BCUT2D eigenvalue weighted by atomic mass is 16.5. The van der Waals surface area contributed by atoms with Crippen molar-refractivity contribution in [2.45, 2.75) is 70.0 Å². The number of ether oxygens (including phenoxy) is 2. The number of fused-ring (bicyclic) bond motifs is 1. The average molecular weight is 650 g/mol. The van der Waals surface area contributed by atoms with E-state index in [0.29, 0.717) is 49.2 Å². The van der Waals surface area contributed by atoms with E-state index in [9.17, 15) is 15.0 Å². The number of unbranched alkanes of at least 4 members (excludes halogenated alkanes) is 1. The fourth-order valence-corrected chi connectivity index (χ4v) is 6.30. The minimum absolute atomic E-state index is 0.0461. The molecule has 252 valence electrons. The topological polar surface area (TPSA) is 126 Å². The highest BCUT2D eigenvalue weighted by Crippen LogP contribution is 2.33. The molecule has 8 heteroatoms. The number of nitrogens with one attached hydrogen (secondary N) is 1. The molecule has 2 atom stereocenters. The van der Waals surface area contributed by atoms with Gasteiger partial charge in [-0.3, -0.25) is 9.79 Å². The molecule has 5 rings (SSSR count). The zero-order valence-corrected chi connectivity index (χ0v) is 28.0. The van der Waals surface area contributed by atoms with E-state index in [2.05, 4.69) is 28.5 Å². The summed E-state index contributed by atoms with van der Waals surface area (Å²) < 4.78 is 11.7. The van der Waals surface area contributed by atoms with Gasteiger partial charge in [0.05, 0.1) is 12.7 Å². The molecule has 0 bridgehead atoms. The van der Waals surface area contributed by atoms with Gasteiger partial charge in [-0.05, 0) is 114 Å². The van der Waals surface area contributed by atoms with Crippen LogP contribution in [0.3, 0.4) is 0 Å². The van der Waals surface area contributed by atoms with Crippen molar-refractivity contribution in [1.29, 1.82) is 0 Å². The summed E-state index contributed by atoms with van der Waals surface area (Å²) in [5.74, 6) is 2.35. The molecule has 4 aromatic rings. The third-order valence-corrected chi connectivity index (χ3v) is 9.06. The van der Waals surface area contributed by atoms with Crippen LogP contribution < -0.4 is 20.5 Å². The number of methoxy groups -OCH3 is 1. The molecular formula is C40H47N3O5. The predicted octanol–water partition coefficient (Wildman–Crippen LogP) is 7.49. The molecule has 0 aliphatic heterocycles. The highest BCUT2D eigenvalue weighted by Gasteiger charge is 2.30. The maximum absolute atomic E-state index is 13.0. The maximum Gasteiger partial charge on any atom is 0.192 e. The Balaban J connectivity index is 1.05. The Kier molecular flexibility index (Phi) is 11.7. The van der Waals surface area contributed by atoms with Crippen molar-refractivity contribution in [2.24, 2.45) is 16.6 Å². The van der Waals surface area contributed by atoms with Gasteiger partial charge in [-0.15, -0.1) is 0 Å². The van der Waals surface area contributed by atoms with Crippen LogP contribution >= 0.6 is 0 Å². The number of aliphatic hydroxyl groups is 1. The van der Waals surface area contributed by atoms with Crippen LogP contribution in [0.2, 0.25) is 0 Å². The summed E-state index contributed by atoms with van der Waals surface area (Å²) in [7, 11) is 3.27. The zero-order valence-electron chi connectivity index (χ0n) is 28.0. The zero-order chi connectivity index (χ0) is 33.9. The molecule has 0 heterocycles. The average Bonchev–Trinajstić information content (AvgIpc) is 3.09. The number of hydrogen-bond donors (Lipinski definition) is 4. The van der Waals surface area contributed by atoms with Crippen LogP contribution in [-0.2, 0) is 24.2 Å². The number of benzene rings is 4. The second-order valence-corrected chi connectivity index (χ2v) is 12.8. The number of nitrogens with two attached hydrogens (primary N) is 1. The Morgan fingerprint density at radius 2 is 1.75 bits per heavy atom. The molecule has 8 nitrogen and oxygen atoms in total. The van der Waals surface area contributed by atoms with Gasteiger partial charge >= 0.3 is 0 Å².